The molecule has 2 rings (SSSR count). The summed E-state index contributed by atoms with van der Waals surface area (Å²) in [4.78, 5) is 4.18. The van der Waals surface area contributed by atoms with Gasteiger partial charge in [-0.3, -0.25) is 4.99 Å². The average Bonchev–Trinajstić information content (AvgIpc) is 3.07. The van der Waals surface area contributed by atoms with E-state index in [4.69, 9.17) is 9.15 Å². The molecule has 0 fully saturated rings. The zero-order valence-corrected chi connectivity index (χ0v) is 12.8. The van der Waals surface area contributed by atoms with Crippen molar-refractivity contribution in [3.8, 4) is 5.88 Å². The quantitative estimate of drug-likeness (QED) is 0.639. The Balaban J connectivity index is 1.94. The molecule has 0 saturated carbocycles. The number of furan rings is 1. The standard InChI is InChI=1S/C14H21N5O2/c1-10-12(13(20-4)19(3)18-10)9-17-14(15-2)16-8-11-6-5-7-21-11/h5-7H,8-9H2,1-4H3,(H2,15,16,17). The van der Waals surface area contributed by atoms with Crippen molar-refractivity contribution in [1.82, 2.24) is 20.4 Å². The number of nitrogens with zero attached hydrogens (tertiary/aromatic N) is 3. The van der Waals surface area contributed by atoms with Gasteiger partial charge in [0.25, 0.3) is 0 Å². The van der Waals surface area contributed by atoms with Crippen molar-refractivity contribution in [3.63, 3.8) is 0 Å². The molecule has 21 heavy (non-hydrogen) atoms. The summed E-state index contributed by atoms with van der Waals surface area (Å²) in [5.74, 6) is 2.30. The summed E-state index contributed by atoms with van der Waals surface area (Å²) in [5.41, 5.74) is 1.95. The third-order valence-corrected chi connectivity index (χ3v) is 3.15. The van der Waals surface area contributed by atoms with Crippen LogP contribution in [0.25, 0.3) is 0 Å². The van der Waals surface area contributed by atoms with Crippen LogP contribution in [0, 0.1) is 6.92 Å². The third-order valence-electron chi connectivity index (χ3n) is 3.15. The zero-order valence-electron chi connectivity index (χ0n) is 12.8. The van der Waals surface area contributed by atoms with Crippen molar-refractivity contribution in [3.05, 3.63) is 35.4 Å². The van der Waals surface area contributed by atoms with E-state index >= 15 is 0 Å². The molecule has 0 aliphatic carbocycles. The van der Waals surface area contributed by atoms with Gasteiger partial charge in [-0.1, -0.05) is 0 Å². The van der Waals surface area contributed by atoms with Crippen LogP contribution >= 0.6 is 0 Å². The van der Waals surface area contributed by atoms with Gasteiger partial charge in [0.05, 0.1) is 37.7 Å². The Bertz CT molecular complexity index is 601. The molecule has 2 aromatic heterocycles. The van der Waals surface area contributed by atoms with Crippen molar-refractivity contribution < 1.29 is 9.15 Å². The molecule has 0 spiro atoms. The van der Waals surface area contributed by atoms with Crippen LogP contribution < -0.4 is 15.4 Å². The van der Waals surface area contributed by atoms with E-state index in [0.717, 1.165) is 22.9 Å². The highest BCUT2D eigenvalue weighted by Crippen LogP contribution is 2.20. The van der Waals surface area contributed by atoms with Gasteiger partial charge in [0, 0.05) is 14.1 Å². The molecule has 0 aromatic carbocycles. The Hall–Kier alpha value is -2.44. The SMILES string of the molecule is CN=C(NCc1ccco1)NCc1c(C)nn(C)c1OC. The molecular weight excluding hydrogens is 270 g/mol. The topological polar surface area (TPSA) is 76.6 Å². The molecule has 2 heterocycles. The van der Waals surface area contributed by atoms with Gasteiger partial charge in [0.1, 0.15) is 5.76 Å². The van der Waals surface area contributed by atoms with Gasteiger partial charge < -0.3 is 19.8 Å². The lowest BCUT2D eigenvalue weighted by atomic mass is 10.2. The van der Waals surface area contributed by atoms with Crippen LogP contribution in [0.2, 0.25) is 0 Å². The first-order valence-corrected chi connectivity index (χ1v) is 6.69. The highest BCUT2D eigenvalue weighted by atomic mass is 16.5. The monoisotopic (exact) mass is 291 g/mol. The Morgan fingerprint density at radius 1 is 1.43 bits per heavy atom. The minimum Gasteiger partial charge on any atom is -0.481 e. The first kappa shape index (κ1) is 15.0. The molecule has 0 atom stereocenters. The molecule has 7 heteroatoms. The van der Waals surface area contributed by atoms with E-state index in [0.29, 0.717) is 19.0 Å². The smallest absolute Gasteiger partial charge is 0.216 e. The van der Waals surface area contributed by atoms with Gasteiger partial charge in [-0.15, -0.1) is 0 Å². The molecule has 2 N–H and O–H groups in total. The van der Waals surface area contributed by atoms with E-state index < -0.39 is 0 Å². The summed E-state index contributed by atoms with van der Waals surface area (Å²) in [6, 6.07) is 3.77. The van der Waals surface area contributed by atoms with E-state index in [1.807, 2.05) is 26.1 Å². The fraction of sp³-hybridized carbons (Fsp3) is 0.429. The molecule has 0 saturated heterocycles. The molecule has 114 valence electrons. The van der Waals surface area contributed by atoms with E-state index in [9.17, 15) is 0 Å². The molecule has 2 aromatic rings. The fourth-order valence-electron chi connectivity index (χ4n) is 2.12. The van der Waals surface area contributed by atoms with Crippen LogP contribution in [0.5, 0.6) is 5.88 Å². The number of aromatic nitrogens is 2. The first-order valence-electron chi connectivity index (χ1n) is 6.69. The van der Waals surface area contributed by atoms with Gasteiger partial charge in [-0.2, -0.15) is 5.10 Å². The van der Waals surface area contributed by atoms with Crippen LogP contribution in [-0.4, -0.2) is 29.9 Å². The first-order chi connectivity index (χ1) is 10.2. The van der Waals surface area contributed by atoms with Gasteiger partial charge in [-0.05, 0) is 19.1 Å². The largest absolute Gasteiger partial charge is 0.481 e. The fourth-order valence-corrected chi connectivity index (χ4v) is 2.12. The van der Waals surface area contributed by atoms with E-state index in [-0.39, 0.29) is 0 Å². The van der Waals surface area contributed by atoms with Gasteiger partial charge >= 0.3 is 0 Å². The summed E-state index contributed by atoms with van der Waals surface area (Å²) in [6.07, 6.45) is 1.65. The molecule has 7 nitrogen and oxygen atoms in total. The van der Waals surface area contributed by atoms with Crippen molar-refractivity contribution in [1.29, 1.82) is 0 Å². The maximum absolute atomic E-state index is 5.37. The molecule has 0 aliphatic heterocycles. The van der Waals surface area contributed by atoms with Crippen LogP contribution in [0.15, 0.2) is 27.8 Å². The molecule has 0 amide bonds. The molecular formula is C14H21N5O2. The molecule has 0 aliphatic rings. The number of nitrogens with one attached hydrogen (secondary N) is 2. The maximum atomic E-state index is 5.37. The Labute approximate surface area is 124 Å². The Kier molecular flexibility index (Phi) is 4.86. The average molecular weight is 291 g/mol. The molecule has 0 unspecified atom stereocenters. The third kappa shape index (κ3) is 3.56. The number of hydrogen-bond acceptors (Lipinski definition) is 4. The number of hydrogen-bond donors (Lipinski definition) is 2. The lowest BCUT2D eigenvalue weighted by molar-refractivity contribution is 0.369. The predicted molar refractivity (Wildman–Crippen MR) is 80.2 cm³/mol. The van der Waals surface area contributed by atoms with Crippen LogP contribution in [0.4, 0.5) is 0 Å². The van der Waals surface area contributed by atoms with Gasteiger partial charge in [0.2, 0.25) is 5.88 Å². The van der Waals surface area contributed by atoms with Crippen LogP contribution in [-0.2, 0) is 20.1 Å². The van der Waals surface area contributed by atoms with Crippen LogP contribution in [0.1, 0.15) is 17.0 Å². The second kappa shape index (κ2) is 6.83. The number of guanidine groups is 1. The van der Waals surface area contributed by atoms with E-state index in [1.54, 1.807) is 25.1 Å². The summed E-state index contributed by atoms with van der Waals surface area (Å²) in [6.45, 7) is 3.12. The van der Waals surface area contributed by atoms with Crippen molar-refractivity contribution >= 4 is 5.96 Å². The van der Waals surface area contributed by atoms with E-state index in [2.05, 4.69) is 20.7 Å². The minimum atomic E-state index is 0.579. The maximum Gasteiger partial charge on any atom is 0.216 e. The van der Waals surface area contributed by atoms with Gasteiger partial charge in [-0.25, -0.2) is 4.68 Å². The second-order valence-corrected chi connectivity index (χ2v) is 4.56. The van der Waals surface area contributed by atoms with Crippen molar-refractivity contribution in [2.75, 3.05) is 14.2 Å². The highest BCUT2D eigenvalue weighted by Gasteiger charge is 2.13. The minimum absolute atomic E-state index is 0.579. The molecule has 0 radical (unpaired) electrons. The number of methoxy groups -OCH3 is 1. The lowest BCUT2D eigenvalue weighted by Crippen LogP contribution is -2.36. The summed E-state index contributed by atoms with van der Waals surface area (Å²) < 4.78 is 12.4. The zero-order chi connectivity index (χ0) is 15.2. The lowest BCUT2D eigenvalue weighted by Gasteiger charge is -2.11. The number of aryl methyl sites for hydroxylation is 2. The predicted octanol–water partition coefficient (Wildman–Crippen LogP) is 1.20. The summed E-state index contributed by atoms with van der Waals surface area (Å²) in [5, 5.41) is 10.8. The second-order valence-electron chi connectivity index (χ2n) is 4.56. The summed E-state index contributed by atoms with van der Waals surface area (Å²) >= 11 is 0. The van der Waals surface area contributed by atoms with Gasteiger partial charge in [0.15, 0.2) is 5.96 Å². The number of ether oxygens (including phenoxy) is 1. The van der Waals surface area contributed by atoms with Crippen molar-refractivity contribution in [2.24, 2.45) is 12.0 Å². The van der Waals surface area contributed by atoms with Crippen molar-refractivity contribution in [2.45, 2.75) is 20.0 Å². The number of aliphatic imine (C=N–C) groups is 1. The normalized spacial score (nSPS) is 11.5. The molecule has 0 bridgehead atoms. The number of rotatable bonds is 5. The van der Waals surface area contributed by atoms with Crippen LogP contribution in [0.3, 0.4) is 0 Å². The highest BCUT2D eigenvalue weighted by molar-refractivity contribution is 5.79. The Morgan fingerprint density at radius 3 is 2.81 bits per heavy atom. The Morgan fingerprint density at radius 2 is 2.19 bits per heavy atom. The summed E-state index contributed by atoms with van der Waals surface area (Å²) in [7, 11) is 5.23. The van der Waals surface area contributed by atoms with E-state index in [1.165, 1.54) is 0 Å².